The Hall–Kier alpha value is 0.01000. The van der Waals surface area contributed by atoms with E-state index in [4.69, 9.17) is 5.73 Å². The van der Waals surface area contributed by atoms with Crippen LogP contribution in [-0.2, 0) is 16.6 Å². The van der Waals surface area contributed by atoms with Gasteiger partial charge in [-0.05, 0) is 42.0 Å². The first-order valence-electron chi connectivity index (χ1n) is 5.61. The zero-order valence-electron chi connectivity index (χ0n) is 10.0. The smallest absolute Gasteiger partial charge is 0.242 e. The first kappa shape index (κ1) is 14.4. The maximum Gasteiger partial charge on any atom is 0.242 e. The highest BCUT2D eigenvalue weighted by Gasteiger charge is 2.27. The third-order valence-electron chi connectivity index (χ3n) is 2.91. The van der Waals surface area contributed by atoms with Crippen LogP contribution < -0.4 is 10.5 Å². The Bertz CT molecular complexity index is 529. The van der Waals surface area contributed by atoms with Crippen molar-refractivity contribution in [2.24, 2.45) is 5.73 Å². The molecule has 3 N–H and O–H groups in total. The maximum absolute atomic E-state index is 12.3. The molecule has 8 heteroatoms. The number of thiophene rings is 1. The number of likely N-dealkylation sites (N-methyl/N-ethyl adjacent to an activating group) is 1. The van der Waals surface area contributed by atoms with Crippen molar-refractivity contribution in [1.82, 2.24) is 9.62 Å². The van der Waals surface area contributed by atoms with E-state index in [1.807, 2.05) is 7.05 Å². The molecule has 2 heterocycles. The second kappa shape index (κ2) is 5.56. The van der Waals surface area contributed by atoms with E-state index in [1.165, 1.54) is 11.3 Å². The van der Waals surface area contributed by atoms with E-state index in [1.54, 1.807) is 6.07 Å². The fourth-order valence-electron chi connectivity index (χ4n) is 2.00. The maximum atomic E-state index is 12.3. The van der Waals surface area contributed by atoms with Crippen LogP contribution >= 0.6 is 27.3 Å². The Balaban J connectivity index is 2.17. The van der Waals surface area contributed by atoms with Crippen molar-refractivity contribution in [3.63, 3.8) is 0 Å². The molecule has 0 aliphatic carbocycles. The number of rotatable bonds is 4. The van der Waals surface area contributed by atoms with Crippen LogP contribution in [0.3, 0.4) is 0 Å². The van der Waals surface area contributed by atoms with Crippen LogP contribution in [0.5, 0.6) is 0 Å². The highest BCUT2D eigenvalue weighted by atomic mass is 79.9. The monoisotopic (exact) mass is 353 g/mol. The number of likely N-dealkylation sites (tertiary alicyclic amines) is 1. The average molecular weight is 354 g/mol. The van der Waals surface area contributed by atoms with Crippen molar-refractivity contribution in [2.45, 2.75) is 23.9 Å². The zero-order chi connectivity index (χ0) is 13.3. The summed E-state index contributed by atoms with van der Waals surface area (Å²) in [6, 6.07) is 1.63. The molecule has 0 spiro atoms. The van der Waals surface area contributed by atoms with E-state index in [0.29, 0.717) is 15.2 Å². The molecular weight excluding hydrogens is 338 g/mol. The van der Waals surface area contributed by atoms with E-state index in [-0.39, 0.29) is 6.04 Å². The van der Waals surface area contributed by atoms with Crippen LogP contribution in [0.4, 0.5) is 0 Å². The van der Waals surface area contributed by atoms with Gasteiger partial charge in [-0.2, -0.15) is 0 Å². The predicted octanol–water partition coefficient (Wildman–Crippen LogP) is 0.952. The van der Waals surface area contributed by atoms with E-state index in [2.05, 4.69) is 25.6 Å². The van der Waals surface area contributed by atoms with Crippen LogP contribution in [0.25, 0.3) is 0 Å². The topological polar surface area (TPSA) is 75.4 Å². The van der Waals surface area contributed by atoms with Gasteiger partial charge in [0, 0.05) is 24.0 Å². The van der Waals surface area contributed by atoms with Crippen molar-refractivity contribution in [2.75, 3.05) is 20.1 Å². The van der Waals surface area contributed by atoms with Crippen LogP contribution in [0.1, 0.15) is 11.3 Å². The fourth-order valence-corrected chi connectivity index (χ4v) is 5.82. The van der Waals surface area contributed by atoms with Gasteiger partial charge in [-0.1, -0.05) is 0 Å². The van der Waals surface area contributed by atoms with Crippen LogP contribution in [-0.4, -0.2) is 39.5 Å². The zero-order valence-corrected chi connectivity index (χ0v) is 13.2. The SMILES string of the molecule is CN1CCC(NS(=O)(=O)c2cc(CN)sc2Br)C1. The first-order chi connectivity index (χ1) is 8.42. The highest BCUT2D eigenvalue weighted by Crippen LogP contribution is 2.31. The number of nitrogens with zero attached hydrogens (tertiary/aromatic N) is 1. The van der Waals surface area contributed by atoms with Crippen LogP contribution in [0.2, 0.25) is 0 Å². The van der Waals surface area contributed by atoms with E-state index >= 15 is 0 Å². The lowest BCUT2D eigenvalue weighted by Crippen LogP contribution is -2.36. The summed E-state index contributed by atoms with van der Waals surface area (Å²) in [6.45, 7) is 2.03. The molecule has 0 radical (unpaired) electrons. The molecule has 1 unspecified atom stereocenters. The Morgan fingerprint density at radius 2 is 2.39 bits per heavy atom. The van der Waals surface area contributed by atoms with Crippen molar-refractivity contribution < 1.29 is 8.42 Å². The lowest BCUT2D eigenvalue weighted by Gasteiger charge is -2.12. The Morgan fingerprint density at radius 3 is 2.89 bits per heavy atom. The summed E-state index contributed by atoms with van der Waals surface area (Å²) >= 11 is 4.65. The summed E-state index contributed by atoms with van der Waals surface area (Å²) < 4.78 is 27.9. The van der Waals surface area contributed by atoms with E-state index in [9.17, 15) is 8.42 Å². The van der Waals surface area contributed by atoms with E-state index < -0.39 is 10.0 Å². The molecule has 1 aliphatic rings. The van der Waals surface area contributed by atoms with Crippen molar-refractivity contribution >= 4 is 37.3 Å². The number of halogens is 1. The van der Waals surface area contributed by atoms with Crippen molar-refractivity contribution in [3.8, 4) is 0 Å². The second-order valence-corrected chi connectivity index (χ2v) is 8.56. The Labute approximate surface area is 120 Å². The summed E-state index contributed by atoms with van der Waals surface area (Å²) in [5.41, 5.74) is 5.52. The minimum atomic E-state index is -3.46. The largest absolute Gasteiger partial charge is 0.326 e. The predicted molar refractivity (Wildman–Crippen MR) is 76.1 cm³/mol. The molecule has 102 valence electrons. The molecule has 1 fully saturated rings. The molecule has 2 rings (SSSR count). The molecule has 0 saturated carbocycles. The summed E-state index contributed by atoms with van der Waals surface area (Å²) in [5.74, 6) is 0. The molecule has 0 amide bonds. The fraction of sp³-hybridized carbons (Fsp3) is 0.600. The van der Waals surface area contributed by atoms with Gasteiger partial charge in [-0.15, -0.1) is 11.3 Å². The van der Waals surface area contributed by atoms with Gasteiger partial charge in [0.2, 0.25) is 10.0 Å². The lowest BCUT2D eigenvalue weighted by atomic mass is 10.3. The lowest BCUT2D eigenvalue weighted by molar-refractivity contribution is 0.407. The van der Waals surface area contributed by atoms with Gasteiger partial charge in [0.05, 0.1) is 3.79 Å². The number of sulfonamides is 1. The summed E-state index contributed by atoms with van der Waals surface area (Å²) in [4.78, 5) is 3.26. The number of hydrogen-bond acceptors (Lipinski definition) is 5. The minimum absolute atomic E-state index is 0.00636. The number of nitrogens with one attached hydrogen (secondary N) is 1. The first-order valence-corrected chi connectivity index (χ1v) is 8.71. The molecule has 18 heavy (non-hydrogen) atoms. The quantitative estimate of drug-likeness (QED) is 0.844. The van der Waals surface area contributed by atoms with Gasteiger partial charge in [-0.3, -0.25) is 0 Å². The summed E-state index contributed by atoms with van der Waals surface area (Å²) in [6.07, 6.45) is 0.848. The Morgan fingerprint density at radius 1 is 1.67 bits per heavy atom. The van der Waals surface area contributed by atoms with Gasteiger partial charge in [0.15, 0.2) is 0 Å². The van der Waals surface area contributed by atoms with E-state index in [0.717, 1.165) is 24.4 Å². The van der Waals surface area contributed by atoms with Gasteiger partial charge < -0.3 is 10.6 Å². The standard InChI is InChI=1S/C10H16BrN3O2S2/c1-14-3-2-7(6-14)13-18(15,16)9-4-8(5-12)17-10(9)11/h4,7,13H,2-3,5-6,12H2,1H3. The molecule has 1 aromatic heterocycles. The molecule has 1 aliphatic heterocycles. The van der Waals surface area contributed by atoms with Gasteiger partial charge >= 0.3 is 0 Å². The van der Waals surface area contributed by atoms with Gasteiger partial charge in [0.1, 0.15) is 4.90 Å². The molecule has 5 nitrogen and oxygen atoms in total. The van der Waals surface area contributed by atoms with Crippen molar-refractivity contribution in [1.29, 1.82) is 0 Å². The Kier molecular flexibility index (Phi) is 4.45. The summed E-state index contributed by atoms with van der Waals surface area (Å²) in [5, 5.41) is 0. The highest BCUT2D eigenvalue weighted by molar-refractivity contribution is 9.11. The van der Waals surface area contributed by atoms with Gasteiger partial charge in [0.25, 0.3) is 0 Å². The van der Waals surface area contributed by atoms with Crippen LogP contribution in [0.15, 0.2) is 14.7 Å². The summed E-state index contributed by atoms with van der Waals surface area (Å²) in [7, 11) is -1.47. The number of nitrogens with two attached hydrogens (primary N) is 1. The average Bonchev–Trinajstić information content (AvgIpc) is 2.84. The molecular formula is C10H16BrN3O2S2. The van der Waals surface area contributed by atoms with Gasteiger partial charge in [-0.25, -0.2) is 13.1 Å². The van der Waals surface area contributed by atoms with Crippen LogP contribution in [0, 0.1) is 0 Å². The molecule has 1 atom stereocenters. The third-order valence-corrected chi connectivity index (χ3v) is 6.71. The normalized spacial score (nSPS) is 21.6. The second-order valence-electron chi connectivity index (χ2n) is 4.42. The van der Waals surface area contributed by atoms with Crippen molar-refractivity contribution in [3.05, 3.63) is 14.7 Å². The molecule has 0 bridgehead atoms. The third kappa shape index (κ3) is 3.12. The minimum Gasteiger partial charge on any atom is -0.326 e. The number of hydrogen-bond donors (Lipinski definition) is 2. The molecule has 1 saturated heterocycles. The molecule has 0 aromatic carbocycles. The molecule has 1 aromatic rings.